The number of anilines is 1. The van der Waals surface area contributed by atoms with Crippen LogP contribution in [0.2, 0.25) is 5.02 Å². The average molecular weight is 538 g/mol. The molecular formula is C28H26Cl2N4OS. The summed E-state index contributed by atoms with van der Waals surface area (Å²) in [5.74, 6) is 0.0240. The fraction of sp³-hybridized carbons (Fsp3) is 0.179. The van der Waals surface area contributed by atoms with Gasteiger partial charge in [0.1, 0.15) is 0 Å². The number of thiazole rings is 1. The predicted octanol–water partition coefficient (Wildman–Crippen LogP) is 7.21. The van der Waals surface area contributed by atoms with Crippen LogP contribution >= 0.6 is 35.3 Å². The van der Waals surface area contributed by atoms with Crippen molar-refractivity contribution >= 4 is 56.6 Å². The van der Waals surface area contributed by atoms with E-state index in [4.69, 9.17) is 16.6 Å². The summed E-state index contributed by atoms with van der Waals surface area (Å²) in [7, 11) is 0. The van der Waals surface area contributed by atoms with Crippen LogP contribution in [0.15, 0.2) is 85.5 Å². The molecule has 0 bridgehead atoms. The highest BCUT2D eigenvalue weighted by molar-refractivity contribution is 7.23. The van der Waals surface area contributed by atoms with E-state index in [2.05, 4.69) is 29.2 Å². The number of aryl methyl sites for hydroxylation is 2. The highest BCUT2D eigenvalue weighted by atomic mass is 35.5. The van der Waals surface area contributed by atoms with Gasteiger partial charge in [0.25, 0.3) is 0 Å². The molecule has 0 saturated heterocycles. The van der Waals surface area contributed by atoms with Gasteiger partial charge in [-0.25, -0.2) is 9.97 Å². The van der Waals surface area contributed by atoms with Gasteiger partial charge in [-0.1, -0.05) is 83.6 Å². The van der Waals surface area contributed by atoms with E-state index in [1.807, 2.05) is 65.1 Å². The van der Waals surface area contributed by atoms with Crippen LogP contribution < -0.4 is 4.90 Å². The number of hydrogen-bond donors (Lipinski definition) is 0. The summed E-state index contributed by atoms with van der Waals surface area (Å²) >= 11 is 7.93. The first-order valence-corrected chi connectivity index (χ1v) is 12.7. The lowest BCUT2D eigenvalue weighted by molar-refractivity contribution is -0.118. The van der Waals surface area contributed by atoms with Gasteiger partial charge in [0.15, 0.2) is 5.13 Å². The molecule has 5 rings (SSSR count). The molecule has 1 amide bonds. The molecule has 0 N–H and O–H groups in total. The number of carbonyl (C=O) groups excluding carboxylic acids is 1. The molecule has 184 valence electrons. The zero-order valence-electron chi connectivity index (χ0n) is 19.8. The second-order valence-electron chi connectivity index (χ2n) is 8.48. The molecule has 2 aromatic heterocycles. The number of carbonyl (C=O) groups is 1. The Morgan fingerprint density at radius 3 is 2.47 bits per heavy atom. The van der Waals surface area contributed by atoms with Crippen molar-refractivity contribution in [3.8, 4) is 11.1 Å². The minimum absolute atomic E-state index is 0. The van der Waals surface area contributed by atoms with E-state index in [0.29, 0.717) is 23.1 Å². The molecule has 0 unspecified atom stereocenters. The average Bonchev–Trinajstić information content (AvgIpc) is 3.56. The third kappa shape index (κ3) is 5.78. The van der Waals surface area contributed by atoms with Crippen LogP contribution in [0.1, 0.15) is 17.5 Å². The van der Waals surface area contributed by atoms with Gasteiger partial charge in [-0.15, -0.1) is 12.4 Å². The third-order valence-electron chi connectivity index (χ3n) is 5.99. The first kappa shape index (κ1) is 25.9. The maximum Gasteiger partial charge on any atom is 0.233 e. The molecule has 0 spiro atoms. The van der Waals surface area contributed by atoms with Crippen LogP contribution in [0.3, 0.4) is 0 Å². The fourth-order valence-electron chi connectivity index (χ4n) is 4.08. The zero-order chi connectivity index (χ0) is 24.2. The number of halogens is 2. The maximum absolute atomic E-state index is 13.5. The SMILES string of the molecule is Cc1ccc(Cl)c2sc(N(CCCn3ccnc3)C(=O)Cc3ccc(-c4ccccc4)cc3)nc12.Cl. The van der Waals surface area contributed by atoms with Crippen molar-refractivity contribution < 1.29 is 4.79 Å². The first-order chi connectivity index (χ1) is 17.1. The molecule has 0 atom stereocenters. The molecule has 36 heavy (non-hydrogen) atoms. The summed E-state index contributed by atoms with van der Waals surface area (Å²) in [6.07, 6.45) is 6.59. The predicted molar refractivity (Wildman–Crippen MR) is 151 cm³/mol. The van der Waals surface area contributed by atoms with Gasteiger partial charge in [0, 0.05) is 25.5 Å². The summed E-state index contributed by atoms with van der Waals surface area (Å²) in [6, 6.07) is 22.3. The summed E-state index contributed by atoms with van der Waals surface area (Å²) in [5, 5.41) is 1.35. The van der Waals surface area contributed by atoms with Crippen molar-refractivity contribution in [2.24, 2.45) is 0 Å². The molecule has 2 heterocycles. The summed E-state index contributed by atoms with van der Waals surface area (Å²) in [5.41, 5.74) is 5.18. The third-order valence-corrected chi connectivity index (χ3v) is 7.53. The second kappa shape index (κ2) is 11.7. The Hall–Kier alpha value is -3.19. The normalized spacial score (nSPS) is 10.8. The second-order valence-corrected chi connectivity index (χ2v) is 9.86. The molecule has 0 aliphatic carbocycles. The highest BCUT2D eigenvalue weighted by Gasteiger charge is 2.21. The van der Waals surface area contributed by atoms with Gasteiger partial charge in [-0.05, 0) is 41.7 Å². The molecule has 3 aromatic carbocycles. The van der Waals surface area contributed by atoms with Gasteiger partial charge in [0.2, 0.25) is 5.91 Å². The van der Waals surface area contributed by atoms with Gasteiger partial charge in [-0.3, -0.25) is 9.69 Å². The number of imidazole rings is 1. The van der Waals surface area contributed by atoms with Crippen molar-refractivity contribution in [3.63, 3.8) is 0 Å². The number of nitrogens with zero attached hydrogens (tertiary/aromatic N) is 4. The molecule has 0 saturated carbocycles. The van der Waals surface area contributed by atoms with Crippen LogP contribution in [0.25, 0.3) is 21.3 Å². The summed E-state index contributed by atoms with van der Waals surface area (Å²) < 4.78 is 2.94. The van der Waals surface area contributed by atoms with Gasteiger partial charge in [-0.2, -0.15) is 0 Å². The first-order valence-electron chi connectivity index (χ1n) is 11.5. The fourth-order valence-corrected chi connectivity index (χ4v) is 5.44. The van der Waals surface area contributed by atoms with Crippen molar-refractivity contribution in [3.05, 3.63) is 102 Å². The monoisotopic (exact) mass is 536 g/mol. The van der Waals surface area contributed by atoms with E-state index in [0.717, 1.165) is 45.4 Å². The summed E-state index contributed by atoms with van der Waals surface area (Å²) in [4.78, 5) is 24.3. The maximum atomic E-state index is 13.5. The number of aromatic nitrogens is 3. The number of hydrogen-bond acceptors (Lipinski definition) is 4. The topological polar surface area (TPSA) is 51.0 Å². The standard InChI is InChI=1S/C28H25ClN4OS.ClH/c1-20-8-13-24(29)27-26(20)31-28(35-27)33(16-5-15-32-17-14-30-19-32)25(34)18-21-9-11-23(12-10-21)22-6-3-2-4-7-22;/h2-4,6-14,17,19H,5,15-16,18H2,1H3;1H. The van der Waals surface area contributed by atoms with E-state index < -0.39 is 0 Å². The molecule has 0 aliphatic rings. The van der Waals surface area contributed by atoms with E-state index in [-0.39, 0.29) is 18.3 Å². The number of fused-ring (bicyclic) bond motifs is 1. The van der Waals surface area contributed by atoms with Crippen LogP contribution in [-0.2, 0) is 17.8 Å². The van der Waals surface area contributed by atoms with E-state index in [9.17, 15) is 4.79 Å². The Balaban J connectivity index is 0.00000304. The van der Waals surface area contributed by atoms with E-state index >= 15 is 0 Å². The Bertz CT molecular complexity index is 1400. The molecule has 0 radical (unpaired) electrons. The van der Waals surface area contributed by atoms with Crippen molar-refractivity contribution in [1.82, 2.24) is 14.5 Å². The number of amides is 1. The van der Waals surface area contributed by atoms with Crippen LogP contribution in [0.4, 0.5) is 5.13 Å². The highest BCUT2D eigenvalue weighted by Crippen LogP contribution is 2.36. The largest absolute Gasteiger partial charge is 0.337 e. The van der Waals surface area contributed by atoms with Crippen LogP contribution in [-0.4, -0.2) is 27.0 Å². The molecule has 0 aliphatic heterocycles. The molecule has 5 nitrogen and oxygen atoms in total. The van der Waals surface area contributed by atoms with Crippen molar-refractivity contribution in [2.75, 3.05) is 11.4 Å². The van der Waals surface area contributed by atoms with E-state index in [1.54, 1.807) is 12.5 Å². The Kier molecular flexibility index (Phi) is 8.41. The lowest BCUT2D eigenvalue weighted by Gasteiger charge is -2.20. The number of benzene rings is 3. The zero-order valence-corrected chi connectivity index (χ0v) is 22.2. The summed E-state index contributed by atoms with van der Waals surface area (Å²) in [6.45, 7) is 3.36. The Morgan fingerprint density at radius 1 is 1.03 bits per heavy atom. The molecular weight excluding hydrogens is 511 g/mol. The molecule has 0 fully saturated rings. The van der Waals surface area contributed by atoms with Crippen LogP contribution in [0.5, 0.6) is 0 Å². The van der Waals surface area contributed by atoms with E-state index in [1.165, 1.54) is 11.3 Å². The van der Waals surface area contributed by atoms with Gasteiger partial charge in [0.05, 0.1) is 28.0 Å². The van der Waals surface area contributed by atoms with Crippen molar-refractivity contribution in [2.45, 2.75) is 26.3 Å². The number of rotatable bonds is 8. The minimum atomic E-state index is 0. The Labute approximate surface area is 225 Å². The lowest BCUT2D eigenvalue weighted by Crippen LogP contribution is -2.33. The Morgan fingerprint density at radius 2 is 1.78 bits per heavy atom. The molecule has 8 heteroatoms. The van der Waals surface area contributed by atoms with Gasteiger partial charge >= 0.3 is 0 Å². The van der Waals surface area contributed by atoms with Crippen LogP contribution in [0, 0.1) is 6.92 Å². The minimum Gasteiger partial charge on any atom is -0.337 e. The smallest absolute Gasteiger partial charge is 0.233 e. The quantitative estimate of drug-likeness (QED) is 0.210. The van der Waals surface area contributed by atoms with Crippen molar-refractivity contribution in [1.29, 1.82) is 0 Å². The lowest BCUT2D eigenvalue weighted by atomic mass is 10.0. The molecule has 5 aromatic rings. The van der Waals surface area contributed by atoms with Gasteiger partial charge < -0.3 is 4.57 Å².